The van der Waals surface area contributed by atoms with E-state index in [1.807, 2.05) is 31.2 Å². The maximum atomic E-state index is 12.9. The molecule has 8 nitrogen and oxygen atoms in total. The molecule has 0 radical (unpaired) electrons. The van der Waals surface area contributed by atoms with Crippen molar-refractivity contribution in [3.8, 4) is 0 Å². The van der Waals surface area contributed by atoms with Crippen molar-refractivity contribution >= 4 is 58.9 Å². The first kappa shape index (κ1) is 28.2. The molecule has 2 atom stereocenters. The minimum Gasteiger partial charge on any atom is -0.384 e. The molecule has 1 fully saturated rings. The van der Waals surface area contributed by atoms with Crippen LogP contribution in [0.1, 0.15) is 18.2 Å². The fourth-order valence-corrected chi connectivity index (χ4v) is 4.14. The number of amides is 2. The third kappa shape index (κ3) is 6.75. The van der Waals surface area contributed by atoms with Gasteiger partial charge in [0, 0.05) is 42.9 Å². The SMILES string of the molecule is Cc1nc(N)ccc1CNC(=O)[C@H](C)NC(=O)[C@H]1CN(c2cccc3ccccc23)CCN1.Cl.Cl. The number of fused-ring (bicyclic) bond motifs is 1. The number of piperazine rings is 1. The van der Waals surface area contributed by atoms with Gasteiger partial charge in [0.15, 0.2) is 0 Å². The van der Waals surface area contributed by atoms with Gasteiger partial charge in [-0.1, -0.05) is 42.5 Å². The van der Waals surface area contributed by atoms with Crippen molar-refractivity contribution in [3.63, 3.8) is 0 Å². The number of rotatable bonds is 6. The largest absolute Gasteiger partial charge is 0.384 e. The molecular formula is C25H32Cl2N6O2. The quantitative estimate of drug-likeness (QED) is 0.399. The van der Waals surface area contributed by atoms with E-state index in [0.29, 0.717) is 25.5 Å². The maximum Gasteiger partial charge on any atom is 0.242 e. The number of aryl methyl sites for hydroxylation is 1. The van der Waals surface area contributed by atoms with E-state index in [4.69, 9.17) is 5.73 Å². The molecule has 10 heteroatoms. The Balaban J connectivity index is 0.00000216. The van der Waals surface area contributed by atoms with Crippen LogP contribution in [0, 0.1) is 6.92 Å². The summed E-state index contributed by atoms with van der Waals surface area (Å²) in [6.45, 7) is 5.89. The van der Waals surface area contributed by atoms with Gasteiger partial charge in [0.25, 0.3) is 0 Å². The third-order valence-corrected chi connectivity index (χ3v) is 6.02. The number of carbonyl (C=O) groups excluding carboxylic acids is 2. The van der Waals surface area contributed by atoms with Gasteiger partial charge in [-0.15, -0.1) is 24.8 Å². The number of nitrogen functional groups attached to an aromatic ring is 1. The molecule has 0 aliphatic carbocycles. The minimum absolute atomic E-state index is 0. The van der Waals surface area contributed by atoms with Gasteiger partial charge in [-0.3, -0.25) is 9.59 Å². The fourth-order valence-electron chi connectivity index (χ4n) is 4.14. The van der Waals surface area contributed by atoms with Crippen LogP contribution in [0.2, 0.25) is 0 Å². The topological polar surface area (TPSA) is 112 Å². The van der Waals surface area contributed by atoms with E-state index >= 15 is 0 Å². The highest BCUT2D eigenvalue weighted by molar-refractivity contribution is 5.95. The predicted octanol–water partition coefficient (Wildman–Crippen LogP) is 2.57. The van der Waals surface area contributed by atoms with Gasteiger partial charge in [-0.05, 0) is 36.9 Å². The molecule has 5 N–H and O–H groups in total. The molecule has 3 aromatic rings. The number of anilines is 2. The Kier molecular flexibility index (Phi) is 10.1. The molecule has 0 bridgehead atoms. The van der Waals surface area contributed by atoms with Crippen molar-refractivity contribution in [2.45, 2.75) is 32.5 Å². The van der Waals surface area contributed by atoms with E-state index in [1.165, 1.54) is 10.8 Å². The summed E-state index contributed by atoms with van der Waals surface area (Å²) in [5.41, 5.74) is 8.45. The van der Waals surface area contributed by atoms with Gasteiger partial charge < -0.3 is 26.6 Å². The Bertz CT molecular complexity index is 1170. The van der Waals surface area contributed by atoms with E-state index < -0.39 is 12.1 Å². The van der Waals surface area contributed by atoms with Crippen LogP contribution in [-0.2, 0) is 16.1 Å². The van der Waals surface area contributed by atoms with Gasteiger partial charge in [0.1, 0.15) is 17.9 Å². The first-order chi connectivity index (χ1) is 15.9. The van der Waals surface area contributed by atoms with Crippen LogP contribution in [0.5, 0.6) is 0 Å². The molecule has 1 aromatic heterocycles. The average Bonchev–Trinajstić information content (AvgIpc) is 2.83. The lowest BCUT2D eigenvalue weighted by atomic mass is 10.1. The summed E-state index contributed by atoms with van der Waals surface area (Å²) in [5.74, 6) is 0.00921. The molecule has 0 saturated carbocycles. The van der Waals surface area contributed by atoms with Crippen LogP contribution in [0.4, 0.5) is 11.5 Å². The number of nitrogens with one attached hydrogen (secondary N) is 3. The minimum atomic E-state index is -0.658. The molecule has 2 aromatic carbocycles. The molecule has 4 rings (SSSR count). The van der Waals surface area contributed by atoms with Crippen LogP contribution in [0.3, 0.4) is 0 Å². The number of hydrogen-bond acceptors (Lipinski definition) is 6. The molecule has 1 aliphatic rings. The van der Waals surface area contributed by atoms with Gasteiger partial charge in [0.2, 0.25) is 11.8 Å². The van der Waals surface area contributed by atoms with Crippen molar-refractivity contribution in [1.82, 2.24) is 20.9 Å². The molecule has 35 heavy (non-hydrogen) atoms. The summed E-state index contributed by atoms with van der Waals surface area (Å²) in [5, 5.41) is 11.3. The van der Waals surface area contributed by atoms with Crippen molar-refractivity contribution in [3.05, 3.63) is 65.9 Å². The molecule has 2 amide bonds. The van der Waals surface area contributed by atoms with Crippen LogP contribution in [0.25, 0.3) is 10.8 Å². The van der Waals surface area contributed by atoms with Crippen LogP contribution in [-0.4, -0.2) is 48.5 Å². The zero-order valence-corrected chi connectivity index (χ0v) is 21.4. The third-order valence-electron chi connectivity index (χ3n) is 6.02. The first-order valence-electron chi connectivity index (χ1n) is 11.2. The molecule has 1 aliphatic heterocycles. The second-order valence-corrected chi connectivity index (χ2v) is 8.38. The Morgan fingerprint density at radius 3 is 2.66 bits per heavy atom. The fraction of sp³-hybridized carbons (Fsp3) is 0.320. The number of halogens is 2. The summed E-state index contributed by atoms with van der Waals surface area (Å²) in [6.07, 6.45) is 0. The van der Waals surface area contributed by atoms with Crippen molar-refractivity contribution in [1.29, 1.82) is 0 Å². The van der Waals surface area contributed by atoms with Crippen molar-refractivity contribution in [2.75, 3.05) is 30.3 Å². The van der Waals surface area contributed by atoms with Gasteiger partial charge >= 0.3 is 0 Å². The molecule has 0 unspecified atom stereocenters. The van der Waals surface area contributed by atoms with Crippen molar-refractivity contribution in [2.24, 2.45) is 0 Å². The van der Waals surface area contributed by atoms with E-state index in [2.05, 4.69) is 50.1 Å². The standard InChI is InChI=1S/C25H30N6O2.2ClH/c1-16-19(10-11-23(26)29-16)14-28-24(32)17(2)30-25(33)21-15-31(13-12-27-21)22-9-5-7-18-6-3-4-8-20(18)22;;/h3-11,17,21,27H,12-15H2,1-2H3,(H2,26,29)(H,28,32)(H,30,33);2*1H/t17-,21+;;/m0../s1. The zero-order chi connectivity index (χ0) is 23.4. The highest BCUT2D eigenvalue weighted by atomic mass is 35.5. The van der Waals surface area contributed by atoms with E-state index in [9.17, 15) is 9.59 Å². The number of hydrogen-bond donors (Lipinski definition) is 4. The first-order valence-corrected chi connectivity index (χ1v) is 11.2. The monoisotopic (exact) mass is 518 g/mol. The number of pyridine rings is 1. The second kappa shape index (κ2) is 12.6. The van der Waals surface area contributed by atoms with Crippen LogP contribution in [0.15, 0.2) is 54.6 Å². The highest BCUT2D eigenvalue weighted by Crippen LogP contribution is 2.27. The summed E-state index contributed by atoms with van der Waals surface area (Å²) < 4.78 is 0. The second-order valence-electron chi connectivity index (χ2n) is 8.38. The van der Waals surface area contributed by atoms with E-state index in [0.717, 1.165) is 23.5 Å². The van der Waals surface area contributed by atoms with E-state index in [1.54, 1.807) is 13.0 Å². The average molecular weight is 519 g/mol. The molecule has 0 spiro atoms. The zero-order valence-electron chi connectivity index (χ0n) is 19.8. The summed E-state index contributed by atoms with van der Waals surface area (Å²) in [7, 11) is 0. The number of nitrogens with zero attached hydrogens (tertiary/aromatic N) is 2. The molecular weight excluding hydrogens is 487 g/mol. The van der Waals surface area contributed by atoms with Gasteiger partial charge in [0.05, 0.1) is 0 Å². The Hall–Kier alpha value is -3.07. The van der Waals surface area contributed by atoms with Crippen molar-refractivity contribution < 1.29 is 9.59 Å². The smallest absolute Gasteiger partial charge is 0.242 e. The highest BCUT2D eigenvalue weighted by Gasteiger charge is 2.28. The normalized spacial score (nSPS) is 15.9. The number of benzene rings is 2. The summed E-state index contributed by atoms with van der Waals surface area (Å²) in [4.78, 5) is 31.9. The predicted molar refractivity (Wildman–Crippen MR) is 145 cm³/mol. The van der Waals surface area contributed by atoms with Crippen LogP contribution >= 0.6 is 24.8 Å². The number of nitrogens with two attached hydrogens (primary N) is 1. The summed E-state index contributed by atoms with van der Waals surface area (Å²) in [6, 6.07) is 17.0. The lowest BCUT2D eigenvalue weighted by Gasteiger charge is -2.35. The lowest BCUT2D eigenvalue weighted by molar-refractivity contribution is -0.129. The van der Waals surface area contributed by atoms with Crippen LogP contribution < -0.4 is 26.6 Å². The molecule has 188 valence electrons. The lowest BCUT2D eigenvalue weighted by Crippen LogP contribution is -2.59. The Morgan fingerprint density at radius 1 is 1.14 bits per heavy atom. The van der Waals surface area contributed by atoms with Gasteiger partial charge in [-0.25, -0.2) is 4.98 Å². The Morgan fingerprint density at radius 2 is 1.89 bits per heavy atom. The molecule has 2 heterocycles. The maximum absolute atomic E-state index is 12.9. The van der Waals surface area contributed by atoms with E-state index in [-0.39, 0.29) is 36.6 Å². The van der Waals surface area contributed by atoms with Gasteiger partial charge in [-0.2, -0.15) is 0 Å². The summed E-state index contributed by atoms with van der Waals surface area (Å²) >= 11 is 0. The number of aromatic nitrogens is 1. The molecule has 1 saturated heterocycles. The Labute approximate surface area is 217 Å². The number of carbonyl (C=O) groups is 2.